The Labute approximate surface area is 179 Å². The first-order valence-electron chi connectivity index (χ1n) is 10.6. The van der Waals surface area contributed by atoms with Crippen molar-refractivity contribution in [3.63, 3.8) is 0 Å². The number of fused-ring (bicyclic) bond motifs is 1. The Morgan fingerprint density at radius 3 is 2.45 bits per heavy atom. The summed E-state index contributed by atoms with van der Waals surface area (Å²) in [7, 11) is 0. The van der Waals surface area contributed by atoms with Gasteiger partial charge in [-0.25, -0.2) is 0 Å². The highest BCUT2D eigenvalue weighted by Gasteiger charge is 2.35. The number of aromatic hydroxyl groups is 1. The Kier molecular flexibility index (Phi) is 5.94. The number of nitrogens with zero attached hydrogens (tertiary/aromatic N) is 2. The quantitative estimate of drug-likeness (QED) is 0.454. The second-order valence-corrected chi connectivity index (χ2v) is 8.10. The molecule has 4 rings (SSSR count). The summed E-state index contributed by atoms with van der Waals surface area (Å²) in [4.78, 5) is 9.00. The number of aromatic nitrogens is 1. The SMILES string of the molecule is Cc1cccc2[nH]c(O)c(C=Nc3ccc(N4CCCCCCC4)c(C(F)(F)F)c3)c12. The van der Waals surface area contributed by atoms with Crippen molar-refractivity contribution in [3.8, 4) is 5.88 Å². The zero-order valence-electron chi connectivity index (χ0n) is 17.5. The number of alkyl halides is 3. The summed E-state index contributed by atoms with van der Waals surface area (Å²) in [6.07, 6.45) is 2.00. The van der Waals surface area contributed by atoms with Crippen LogP contribution in [0.4, 0.5) is 24.5 Å². The largest absolute Gasteiger partial charge is 0.494 e. The monoisotopic (exact) mass is 429 g/mol. The van der Waals surface area contributed by atoms with Crippen LogP contribution >= 0.6 is 0 Å². The summed E-state index contributed by atoms with van der Waals surface area (Å²) in [5.41, 5.74) is 1.92. The first kappa shape index (κ1) is 21.3. The Hall–Kier alpha value is -2.96. The third-order valence-corrected chi connectivity index (χ3v) is 5.88. The minimum atomic E-state index is -4.47. The number of rotatable bonds is 3. The molecule has 0 unspecified atom stereocenters. The van der Waals surface area contributed by atoms with E-state index in [0.717, 1.165) is 54.6 Å². The average Bonchev–Trinajstić information content (AvgIpc) is 3.02. The number of hydrogen-bond donors (Lipinski definition) is 2. The molecule has 1 aliphatic rings. The van der Waals surface area contributed by atoms with Gasteiger partial charge < -0.3 is 15.0 Å². The zero-order valence-corrected chi connectivity index (χ0v) is 17.5. The van der Waals surface area contributed by atoms with Crippen molar-refractivity contribution in [3.05, 3.63) is 53.1 Å². The zero-order chi connectivity index (χ0) is 22.0. The van der Waals surface area contributed by atoms with Crippen molar-refractivity contribution < 1.29 is 18.3 Å². The molecule has 1 fully saturated rings. The standard InChI is InChI=1S/C24H26F3N3O/c1-16-8-7-9-20-22(16)18(23(31)29-20)15-28-17-10-11-21(19(14-17)24(25,26)27)30-12-5-3-2-4-6-13-30/h7-11,14-15,29,31H,2-6,12-13H2,1H3. The van der Waals surface area contributed by atoms with Crippen molar-refractivity contribution in [2.45, 2.75) is 45.2 Å². The van der Waals surface area contributed by atoms with E-state index in [2.05, 4.69) is 9.98 Å². The van der Waals surface area contributed by atoms with E-state index >= 15 is 0 Å². The lowest BCUT2D eigenvalue weighted by Gasteiger charge is -2.29. The smallest absolute Gasteiger partial charge is 0.418 e. The summed E-state index contributed by atoms with van der Waals surface area (Å²) < 4.78 is 41.6. The van der Waals surface area contributed by atoms with Crippen LogP contribution in [0.25, 0.3) is 10.9 Å². The molecule has 2 aromatic carbocycles. The first-order chi connectivity index (χ1) is 14.8. The Bertz CT molecular complexity index is 1090. The summed E-state index contributed by atoms with van der Waals surface area (Å²) >= 11 is 0. The second kappa shape index (κ2) is 8.65. The molecule has 0 bridgehead atoms. The van der Waals surface area contributed by atoms with Gasteiger partial charge in [0.2, 0.25) is 0 Å². The van der Waals surface area contributed by atoms with Gasteiger partial charge >= 0.3 is 6.18 Å². The topological polar surface area (TPSA) is 51.6 Å². The molecule has 31 heavy (non-hydrogen) atoms. The molecule has 0 aliphatic carbocycles. The molecule has 2 heterocycles. The molecule has 3 aromatic rings. The van der Waals surface area contributed by atoms with E-state index in [-0.39, 0.29) is 17.3 Å². The molecular weight excluding hydrogens is 403 g/mol. The van der Waals surface area contributed by atoms with Crippen LogP contribution in [0.3, 0.4) is 0 Å². The van der Waals surface area contributed by atoms with Crippen molar-refractivity contribution in [2.24, 2.45) is 4.99 Å². The lowest BCUT2D eigenvalue weighted by molar-refractivity contribution is -0.137. The van der Waals surface area contributed by atoms with Crippen molar-refractivity contribution in [1.82, 2.24) is 4.98 Å². The molecule has 164 valence electrons. The van der Waals surface area contributed by atoms with Crippen LogP contribution in [-0.4, -0.2) is 29.4 Å². The maximum atomic E-state index is 13.9. The predicted molar refractivity (Wildman–Crippen MR) is 119 cm³/mol. The fraction of sp³-hybridized carbons (Fsp3) is 0.375. The summed E-state index contributed by atoms with van der Waals surface area (Å²) in [6, 6.07) is 9.85. The second-order valence-electron chi connectivity index (χ2n) is 8.10. The van der Waals surface area contributed by atoms with Crippen LogP contribution in [0.5, 0.6) is 5.88 Å². The van der Waals surface area contributed by atoms with Crippen LogP contribution in [-0.2, 0) is 6.18 Å². The molecule has 2 N–H and O–H groups in total. The molecule has 0 radical (unpaired) electrons. The molecule has 1 aromatic heterocycles. The van der Waals surface area contributed by atoms with Crippen LogP contribution in [0.1, 0.15) is 48.8 Å². The Balaban J connectivity index is 1.69. The minimum Gasteiger partial charge on any atom is -0.494 e. The molecule has 0 atom stereocenters. The van der Waals surface area contributed by atoms with Gasteiger partial charge in [0.15, 0.2) is 5.88 Å². The minimum absolute atomic E-state index is 0.0543. The van der Waals surface area contributed by atoms with Crippen LogP contribution in [0.15, 0.2) is 41.4 Å². The summed E-state index contributed by atoms with van der Waals surface area (Å²) in [6.45, 7) is 3.18. The van der Waals surface area contributed by atoms with E-state index < -0.39 is 11.7 Å². The number of benzene rings is 2. The lowest BCUT2D eigenvalue weighted by Crippen LogP contribution is -2.29. The van der Waals surface area contributed by atoms with Gasteiger partial charge in [-0.05, 0) is 49.6 Å². The van der Waals surface area contributed by atoms with Crippen molar-refractivity contribution >= 4 is 28.5 Å². The molecule has 0 saturated carbocycles. The highest BCUT2D eigenvalue weighted by Crippen LogP contribution is 2.39. The maximum Gasteiger partial charge on any atom is 0.418 e. The molecular formula is C24H26F3N3O. The fourth-order valence-electron chi connectivity index (χ4n) is 4.30. The number of aliphatic imine (C=N–C) groups is 1. The average molecular weight is 429 g/mol. The molecule has 4 nitrogen and oxygen atoms in total. The number of hydrogen-bond acceptors (Lipinski definition) is 3. The highest BCUT2D eigenvalue weighted by atomic mass is 19.4. The van der Waals surface area contributed by atoms with Crippen LogP contribution in [0.2, 0.25) is 0 Å². The molecule has 7 heteroatoms. The van der Waals surface area contributed by atoms with E-state index in [1.165, 1.54) is 12.3 Å². The first-order valence-corrected chi connectivity index (χ1v) is 10.6. The van der Waals surface area contributed by atoms with Crippen LogP contribution < -0.4 is 4.90 Å². The van der Waals surface area contributed by atoms with E-state index in [1.807, 2.05) is 30.0 Å². The lowest BCUT2D eigenvalue weighted by atomic mass is 10.1. The molecule has 0 spiro atoms. The third kappa shape index (κ3) is 4.55. The van der Waals surface area contributed by atoms with E-state index in [0.29, 0.717) is 18.7 Å². The number of halogens is 3. The van der Waals surface area contributed by atoms with Crippen molar-refractivity contribution in [2.75, 3.05) is 18.0 Å². The number of aromatic amines is 1. The fourth-order valence-corrected chi connectivity index (χ4v) is 4.30. The van der Waals surface area contributed by atoms with E-state index in [9.17, 15) is 18.3 Å². The van der Waals surface area contributed by atoms with Gasteiger partial charge in [0.1, 0.15) is 0 Å². The van der Waals surface area contributed by atoms with Crippen molar-refractivity contribution in [1.29, 1.82) is 0 Å². The molecule has 0 amide bonds. The maximum absolute atomic E-state index is 13.9. The number of H-pyrrole nitrogens is 1. The molecule has 1 aliphatic heterocycles. The molecule has 1 saturated heterocycles. The summed E-state index contributed by atoms with van der Waals surface area (Å²) in [5, 5.41) is 11.1. The number of nitrogens with one attached hydrogen (secondary N) is 1. The van der Waals surface area contributed by atoms with E-state index in [1.54, 1.807) is 6.07 Å². The van der Waals surface area contributed by atoms with Gasteiger partial charge in [-0.3, -0.25) is 4.99 Å². The Morgan fingerprint density at radius 2 is 1.74 bits per heavy atom. The van der Waals surface area contributed by atoms with Gasteiger partial charge in [0.25, 0.3) is 0 Å². The van der Waals surface area contributed by atoms with Crippen LogP contribution in [0, 0.1) is 6.92 Å². The number of aryl methyl sites for hydroxylation is 1. The van der Waals surface area contributed by atoms with E-state index in [4.69, 9.17) is 0 Å². The normalized spacial score (nSPS) is 16.1. The number of anilines is 1. The van der Waals surface area contributed by atoms with Gasteiger partial charge in [-0.15, -0.1) is 0 Å². The Morgan fingerprint density at radius 1 is 1.03 bits per heavy atom. The van der Waals surface area contributed by atoms with Gasteiger partial charge in [-0.1, -0.05) is 31.4 Å². The predicted octanol–water partition coefficient (Wildman–Crippen LogP) is 6.72. The summed E-state index contributed by atoms with van der Waals surface area (Å²) in [5.74, 6) is -0.0543. The van der Waals surface area contributed by atoms with Gasteiger partial charge in [0.05, 0.1) is 16.8 Å². The highest BCUT2D eigenvalue weighted by molar-refractivity contribution is 6.04. The van der Waals surface area contributed by atoms with Gasteiger partial charge in [-0.2, -0.15) is 13.2 Å². The van der Waals surface area contributed by atoms with Gasteiger partial charge in [0, 0.05) is 35.9 Å². The third-order valence-electron chi connectivity index (χ3n) is 5.88.